The molecule has 8 heteroatoms. The molecule has 2 N–H and O–H groups in total. The third-order valence-electron chi connectivity index (χ3n) is 2.35. The summed E-state index contributed by atoms with van der Waals surface area (Å²) in [4.78, 5) is 12.7. The summed E-state index contributed by atoms with van der Waals surface area (Å²) in [5, 5.41) is 14.0. The normalized spacial score (nSPS) is 10.5. The fourth-order valence-electron chi connectivity index (χ4n) is 1.53. The van der Waals surface area contributed by atoms with E-state index in [1.165, 1.54) is 0 Å². The highest BCUT2D eigenvalue weighted by atomic mass is 16.5. The second kappa shape index (κ2) is 7.32. The summed E-state index contributed by atoms with van der Waals surface area (Å²) in [6.45, 7) is 7.01. The third-order valence-corrected chi connectivity index (χ3v) is 2.35. The Morgan fingerprint density at radius 1 is 1.14 bits per heavy atom. The van der Waals surface area contributed by atoms with Gasteiger partial charge in [0.15, 0.2) is 0 Å². The molecule has 0 fully saturated rings. The highest BCUT2D eigenvalue weighted by molar-refractivity contribution is 5.36. The molecule has 0 aliphatic heterocycles. The maximum Gasteiger partial charge on any atom is 0.323 e. The van der Waals surface area contributed by atoms with E-state index < -0.39 is 0 Å². The van der Waals surface area contributed by atoms with Gasteiger partial charge in [0.25, 0.3) is 0 Å². The maximum absolute atomic E-state index is 5.52. The summed E-state index contributed by atoms with van der Waals surface area (Å²) < 4.78 is 5.52. The van der Waals surface area contributed by atoms with Gasteiger partial charge in [0.2, 0.25) is 11.9 Å². The Morgan fingerprint density at radius 3 is 2.52 bits per heavy atom. The van der Waals surface area contributed by atoms with Crippen LogP contribution >= 0.6 is 0 Å². The van der Waals surface area contributed by atoms with Crippen molar-refractivity contribution in [2.45, 2.75) is 33.4 Å². The van der Waals surface area contributed by atoms with Crippen LogP contribution in [0.4, 0.5) is 11.9 Å². The van der Waals surface area contributed by atoms with Crippen LogP contribution in [0.3, 0.4) is 0 Å². The number of hydrogen-bond donors (Lipinski definition) is 2. The van der Waals surface area contributed by atoms with Crippen molar-refractivity contribution in [1.82, 2.24) is 25.1 Å². The summed E-state index contributed by atoms with van der Waals surface area (Å²) >= 11 is 0. The Morgan fingerprint density at radius 2 is 1.90 bits per heavy atom. The van der Waals surface area contributed by atoms with Crippen LogP contribution in [0.1, 0.15) is 26.5 Å². The second-order valence-electron chi connectivity index (χ2n) is 4.53. The SMILES string of the molecule is CCNc1nc(NCc2cccnn2)nc(OC(C)C)n1. The molecule has 8 nitrogen and oxygen atoms in total. The molecular weight excluding hydrogens is 270 g/mol. The zero-order valence-electron chi connectivity index (χ0n) is 12.4. The minimum atomic E-state index is -0.00489. The van der Waals surface area contributed by atoms with E-state index in [9.17, 15) is 0 Å². The number of nitrogens with zero attached hydrogens (tertiary/aromatic N) is 5. The van der Waals surface area contributed by atoms with E-state index in [-0.39, 0.29) is 12.1 Å². The van der Waals surface area contributed by atoms with Crippen LogP contribution in [0, 0.1) is 0 Å². The molecule has 0 saturated carbocycles. The van der Waals surface area contributed by atoms with Gasteiger partial charge in [-0.05, 0) is 32.9 Å². The van der Waals surface area contributed by atoms with Gasteiger partial charge >= 0.3 is 6.01 Å². The first-order chi connectivity index (χ1) is 10.2. The molecule has 0 spiro atoms. The molecular formula is C13H19N7O. The summed E-state index contributed by atoms with van der Waals surface area (Å²) in [6.07, 6.45) is 1.62. The van der Waals surface area contributed by atoms with Crippen LogP contribution in [0.15, 0.2) is 18.3 Å². The van der Waals surface area contributed by atoms with Crippen molar-refractivity contribution in [2.75, 3.05) is 17.2 Å². The molecule has 21 heavy (non-hydrogen) atoms. The van der Waals surface area contributed by atoms with Gasteiger partial charge in [0.1, 0.15) is 0 Å². The van der Waals surface area contributed by atoms with Gasteiger partial charge in [-0.1, -0.05) is 0 Å². The van der Waals surface area contributed by atoms with Crippen molar-refractivity contribution < 1.29 is 4.74 Å². The molecule has 0 amide bonds. The Bertz CT molecular complexity index is 562. The minimum absolute atomic E-state index is 0.00489. The van der Waals surface area contributed by atoms with E-state index in [1.54, 1.807) is 6.20 Å². The van der Waals surface area contributed by atoms with Crippen molar-refractivity contribution in [3.05, 3.63) is 24.0 Å². The van der Waals surface area contributed by atoms with Gasteiger partial charge in [-0.25, -0.2) is 0 Å². The Balaban J connectivity index is 2.11. The van der Waals surface area contributed by atoms with Crippen LogP contribution < -0.4 is 15.4 Å². The smallest absolute Gasteiger partial charge is 0.323 e. The monoisotopic (exact) mass is 289 g/mol. The Kier molecular flexibility index (Phi) is 5.19. The van der Waals surface area contributed by atoms with Crippen molar-refractivity contribution >= 4 is 11.9 Å². The first-order valence-electron chi connectivity index (χ1n) is 6.84. The predicted octanol–water partition coefficient (Wildman–Crippen LogP) is 1.49. The molecule has 0 aliphatic rings. The van der Waals surface area contributed by atoms with Gasteiger partial charge in [-0.3, -0.25) is 0 Å². The molecule has 2 rings (SSSR count). The van der Waals surface area contributed by atoms with Gasteiger partial charge in [0.05, 0.1) is 18.3 Å². The van der Waals surface area contributed by atoms with Crippen molar-refractivity contribution in [2.24, 2.45) is 0 Å². The average Bonchev–Trinajstić information content (AvgIpc) is 2.46. The van der Waals surface area contributed by atoms with Crippen LogP contribution in [0.25, 0.3) is 0 Å². The molecule has 2 heterocycles. The number of hydrogen-bond acceptors (Lipinski definition) is 8. The number of rotatable bonds is 7. The lowest BCUT2D eigenvalue weighted by Gasteiger charge is -2.11. The van der Waals surface area contributed by atoms with Crippen LogP contribution in [0.5, 0.6) is 6.01 Å². The molecule has 2 aromatic rings. The van der Waals surface area contributed by atoms with E-state index >= 15 is 0 Å². The van der Waals surface area contributed by atoms with E-state index in [0.29, 0.717) is 25.0 Å². The molecule has 0 aliphatic carbocycles. The second-order valence-corrected chi connectivity index (χ2v) is 4.53. The molecule has 0 saturated heterocycles. The topological polar surface area (TPSA) is 97.7 Å². The fraction of sp³-hybridized carbons (Fsp3) is 0.462. The molecule has 0 atom stereocenters. The Hall–Kier alpha value is -2.51. The number of anilines is 2. The first-order valence-corrected chi connectivity index (χ1v) is 6.84. The Labute approximate surface area is 123 Å². The van der Waals surface area contributed by atoms with Crippen LogP contribution in [-0.2, 0) is 6.54 Å². The lowest BCUT2D eigenvalue weighted by Crippen LogP contribution is -2.14. The number of nitrogens with one attached hydrogen (secondary N) is 2. The highest BCUT2D eigenvalue weighted by Crippen LogP contribution is 2.13. The van der Waals surface area contributed by atoms with Gasteiger partial charge < -0.3 is 15.4 Å². The van der Waals surface area contributed by atoms with Gasteiger partial charge in [-0.15, -0.1) is 0 Å². The zero-order valence-corrected chi connectivity index (χ0v) is 12.4. The van der Waals surface area contributed by atoms with Crippen molar-refractivity contribution in [3.8, 4) is 6.01 Å². The molecule has 2 aromatic heterocycles. The fourth-order valence-corrected chi connectivity index (χ4v) is 1.53. The molecule has 0 bridgehead atoms. The summed E-state index contributed by atoms with van der Waals surface area (Å²) in [5.74, 6) is 0.909. The van der Waals surface area contributed by atoms with E-state index in [4.69, 9.17) is 4.74 Å². The molecule has 112 valence electrons. The minimum Gasteiger partial charge on any atom is -0.461 e. The van der Waals surface area contributed by atoms with Crippen LogP contribution in [-0.4, -0.2) is 37.8 Å². The van der Waals surface area contributed by atoms with Crippen molar-refractivity contribution in [1.29, 1.82) is 0 Å². The van der Waals surface area contributed by atoms with E-state index in [0.717, 1.165) is 5.69 Å². The maximum atomic E-state index is 5.52. The van der Waals surface area contributed by atoms with Gasteiger partial charge in [0, 0.05) is 12.7 Å². The first kappa shape index (κ1) is 14.9. The summed E-state index contributed by atoms with van der Waals surface area (Å²) in [7, 11) is 0. The number of ether oxygens (including phenoxy) is 1. The lowest BCUT2D eigenvalue weighted by atomic mass is 10.4. The summed E-state index contributed by atoms with van der Waals surface area (Å²) in [5.41, 5.74) is 0.800. The molecule has 0 unspecified atom stereocenters. The lowest BCUT2D eigenvalue weighted by molar-refractivity contribution is 0.222. The van der Waals surface area contributed by atoms with Gasteiger partial charge in [-0.2, -0.15) is 25.1 Å². The highest BCUT2D eigenvalue weighted by Gasteiger charge is 2.08. The zero-order chi connectivity index (χ0) is 15.1. The predicted molar refractivity (Wildman–Crippen MR) is 79.1 cm³/mol. The molecule has 0 aromatic carbocycles. The largest absolute Gasteiger partial charge is 0.461 e. The third kappa shape index (κ3) is 4.83. The quantitative estimate of drug-likeness (QED) is 0.791. The number of aromatic nitrogens is 5. The average molecular weight is 289 g/mol. The van der Waals surface area contributed by atoms with E-state index in [1.807, 2.05) is 32.9 Å². The van der Waals surface area contributed by atoms with Crippen molar-refractivity contribution in [3.63, 3.8) is 0 Å². The van der Waals surface area contributed by atoms with Crippen LogP contribution in [0.2, 0.25) is 0 Å². The van der Waals surface area contributed by atoms with E-state index in [2.05, 4.69) is 35.8 Å². The standard InChI is InChI=1S/C13H19N7O/c1-4-14-11-17-12(19-13(18-11)21-9(2)3)15-8-10-6-5-7-16-20-10/h5-7,9H,4,8H2,1-3H3,(H2,14,15,17,18,19). The summed E-state index contributed by atoms with van der Waals surface area (Å²) in [6, 6.07) is 3.99. The molecule has 0 radical (unpaired) electrons.